The quantitative estimate of drug-likeness (QED) is 0.433. The molecule has 0 aliphatic heterocycles. The van der Waals surface area contributed by atoms with Crippen molar-refractivity contribution in [3.8, 4) is 0 Å². The molecule has 0 fully saturated rings. The highest BCUT2D eigenvalue weighted by Crippen LogP contribution is 1.92. The molecular formula is C6H5NO4. The molecule has 0 bridgehead atoms. The summed E-state index contributed by atoms with van der Waals surface area (Å²) in [6.07, 6.45) is 0.966. The SMILES string of the molecule is O=C(NO)c1ccc(=O)oc1. The van der Waals surface area contributed by atoms with Gasteiger partial charge in [0.2, 0.25) is 0 Å². The molecule has 1 aromatic heterocycles. The van der Waals surface area contributed by atoms with Gasteiger partial charge in [-0.05, 0) is 6.07 Å². The maximum atomic E-state index is 10.6. The number of hydrogen-bond acceptors (Lipinski definition) is 4. The molecule has 0 radical (unpaired) electrons. The Bertz CT molecular complexity index is 296. The second-order valence-corrected chi connectivity index (χ2v) is 1.78. The van der Waals surface area contributed by atoms with Crippen LogP contribution < -0.4 is 11.1 Å². The molecule has 0 spiro atoms. The molecule has 1 aromatic rings. The Morgan fingerprint density at radius 1 is 1.55 bits per heavy atom. The fourth-order valence-electron chi connectivity index (χ4n) is 0.552. The molecule has 1 amide bonds. The van der Waals surface area contributed by atoms with Crippen molar-refractivity contribution in [1.82, 2.24) is 5.48 Å². The number of hydrogen-bond donors (Lipinski definition) is 2. The third-order valence-corrected chi connectivity index (χ3v) is 1.06. The minimum absolute atomic E-state index is 0.0899. The van der Waals surface area contributed by atoms with Crippen molar-refractivity contribution in [2.24, 2.45) is 0 Å². The predicted molar refractivity (Wildman–Crippen MR) is 34.2 cm³/mol. The molecule has 0 saturated heterocycles. The molecule has 58 valence electrons. The molecule has 0 aliphatic rings. The van der Waals surface area contributed by atoms with E-state index in [1.54, 1.807) is 0 Å². The van der Waals surface area contributed by atoms with E-state index in [1.807, 2.05) is 0 Å². The molecule has 5 nitrogen and oxygen atoms in total. The zero-order valence-corrected chi connectivity index (χ0v) is 5.40. The molecule has 0 aliphatic carbocycles. The van der Waals surface area contributed by atoms with Gasteiger partial charge >= 0.3 is 5.63 Å². The highest BCUT2D eigenvalue weighted by atomic mass is 16.5. The number of carbonyl (C=O) groups excluding carboxylic acids is 1. The minimum atomic E-state index is -0.714. The summed E-state index contributed by atoms with van der Waals surface area (Å²) in [4.78, 5) is 21.0. The Labute approximate surface area is 61.2 Å². The summed E-state index contributed by atoms with van der Waals surface area (Å²) in [5, 5.41) is 8.14. The lowest BCUT2D eigenvalue weighted by Crippen LogP contribution is -2.18. The Hall–Kier alpha value is -1.62. The second-order valence-electron chi connectivity index (χ2n) is 1.78. The second kappa shape index (κ2) is 2.98. The van der Waals surface area contributed by atoms with E-state index in [9.17, 15) is 9.59 Å². The lowest BCUT2D eigenvalue weighted by atomic mass is 10.3. The summed E-state index contributed by atoms with van der Waals surface area (Å²) in [5.74, 6) is -0.714. The number of amides is 1. The zero-order chi connectivity index (χ0) is 8.27. The Morgan fingerprint density at radius 2 is 2.27 bits per heavy atom. The van der Waals surface area contributed by atoms with Crippen molar-refractivity contribution in [1.29, 1.82) is 0 Å². The number of hydroxylamine groups is 1. The number of nitrogens with one attached hydrogen (secondary N) is 1. The predicted octanol–water partition coefficient (Wildman–Crippen LogP) is -0.241. The first-order valence-electron chi connectivity index (χ1n) is 2.77. The zero-order valence-electron chi connectivity index (χ0n) is 5.40. The van der Waals surface area contributed by atoms with Crippen LogP contribution in [0, 0.1) is 0 Å². The van der Waals surface area contributed by atoms with Gasteiger partial charge in [-0.3, -0.25) is 10.0 Å². The minimum Gasteiger partial charge on any atom is -0.430 e. The first-order valence-corrected chi connectivity index (χ1v) is 2.77. The molecule has 1 rings (SSSR count). The monoisotopic (exact) mass is 155 g/mol. The average Bonchev–Trinajstić information content (AvgIpc) is 2.05. The van der Waals surface area contributed by atoms with Gasteiger partial charge in [0.15, 0.2) is 0 Å². The van der Waals surface area contributed by atoms with E-state index in [4.69, 9.17) is 5.21 Å². The molecule has 5 heteroatoms. The van der Waals surface area contributed by atoms with Gasteiger partial charge in [0.05, 0.1) is 5.56 Å². The van der Waals surface area contributed by atoms with Gasteiger partial charge in [-0.25, -0.2) is 10.3 Å². The summed E-state index contributed by atoms with van der Waals surface area (Å²) in [7, 11) is 0. The Kier molecular flexibility index (Phi) is 2.03. The van der Waals surface area contributed by atoms with Gasteiger partial charge in [0.1, 0.15) is 6.26 Å². The van der Waals surface area contributed by atoms with Crippen LogP contribution in [0.2, 0.25) is 0 Å². The summed E-state index contributed by atoms with van der Waals surface area (Å²) in [6, 6.07) is 2.34. The average molecular weight is 155 g/mol. The van der Waals surface area contributed by atoms with Crippen LogP contribution in [-0.4, -0.2) is 11.1 Å². The maximum absolute atomic E-state index is 10.6. The molecular weight excluding hydrogens is 150 g/mol. The maximum Gasteiger partial charge on any atom is 0.335 e. The van der Waals surface area contributed by atoms with Crippen molar-refractivity contribution in [2.75, 3.05) is 0 Å². The topological polar surface area (TPSA) is 79.5 Å². The van der Waals surface area contributed by atoms with Crippen LogP contribution in [-0.2, 0) is 0 Å². The standard InChI is InChI=1S/C6H5NO4/c8-5-2-1-4(3-11-5)6(9)7-10/h1-3,10H,(H,7,9). The van der Waals surface area contributed by atoms with E-state index in [0.717, 1.165) is 12.3 Å². The summed E-state index contributed by atoms with van der Waals surface area (Å²) in [5.41, 5.74) is 0.948. The van der Waals surface area contributed by atoms with E-state index in [2.05, 4.69) is 4.42 Å². The van der Waals surface area contributed by atoms with E-state index >= 15 is 0 Å². The van der Waals surface area contributed by atoms with Gasteiger partial charge < -0.3 is 4.42 Å². The molecule has 0 aromatic carbocycles. The smallest absolute Gasteiger partial charge is 0.335 e. The van der Waals surface area contributed by atoms with Crippen molar-refractivity contribution in [3.05, 3.63) is 34.4 Å². The Balaban J connectivity index is 2.99. The van der Waals surface area contributed by atoms with Crippen LogP contribution in [0.25, 0.3) is 0 Å². The lowest BCUT2D eigenvalue weighted by molar-refractivity contribution is 0.0703. The number of rotatable bonds is 1. The highest BCUT2D eigenvalue weighted by molar-refractivity contribution is 5.92. The largest absolute Gasteiger partial charge is 0.430 e. The molecule has 0 atom stereocenters. The van der Waals surface area contributed by atoms with E-state index in [0.29, 0.717) is 0 Å². The van der Waals surface area contributed by atoms with Crippen molar-refractivity contribution >= 4 is 5.91 Å². The van der Waals surface area contributed by atoms with E-state index in [1.165, 1.54) is 11.5 Å². The van der Waals surface area contributed by atoms with Crippen molar-refractivity contribution in [3.63, 3.8) is 0 Å². The first-order chi connectivity index (χ1) is 5.24. The van der Waals surface area contributed by atoms with E-state index < -0.39 is 11.5 Å². The van der Waals surface area contributed by atoms with Crippen LogP contribution in [0.5, 0.6) is 0 Å². The van der Waals surface area contributed by atoms with Gasteiger partial charge in [-0.1, -0.05) is 0 Å². The third-order valence-electron chi connectivity index (χ3n) is 1.06. The molecule has 11 heavy (non-hydrogen) atoms. The van der Waals surface area contributed by atoms with Crippen molar-refractivity contribution in [2.45, 2.75) is 0 Å². The fourth-order valence-corrected chi connectivity index (χ4v) is 0.552. The van der Waals surface area contributed by atoms with Crippen LogP contribution in [0.4, 0.5) is 0 Å². The molecule has 0 unspecified atom stereocenters. The van der Waals surface area contributed by atoms with Gasteiger partial charge in [0, 0.05) is 6.07 Å². The highest BCUT2D eigenvalue weighted by Gasteiger charge is 2.02. The van der Waals surface area contributed by atoms with Gasteiger partial charge in [0.25, 0.3) is 5.91 Å². The third kappa shape index (κ3) is 1.65. The number of carbonyl (C=O) groups is 1. The summed E-state index contributed by atoms with van der Waals surface area (Å²) >= 11 is 0. The molecule has 2 N–H and O–H groups in total. The summed E-state index contributed by atoms with van der Waals surface area (Å²) < 4.78 is 4.35. The lowest BCUT2D eigenvalue weighted by Gasteiger charge is -1.93. The normalized spacial score (nSPS) is 9.18. The van der Waals surface area contributed by atoms with Crippen LogP contribution in [0.15, 0.2) is 27.6 Å². The summed E-state index contributed by atoms with van der Waals surface area (Å²) in [6.45, 7) is 0. The molecule has 0 saturated carbocycles. The van der Waals surface area contributed by atoms with Crippen LogP contribution in [0.3, 0.4) is 0 Å². The first kappa shape index (κ1) is 7.49. The van der Waals surface area contributed by atoms with Gasteiger partial charge in [-0.15, -0.1) is 0 Å². The Morgan fingerprint density at radius 3 is 2.73 bits per heavy atom. The van der Waals surface area contributed by atoms with Crippen LogP contribution in [0.1, 0.15) is 10.4 Å². The fraction of sp³-hybridized carbons (Fsp3) is 0. The van der Waals surface area contributed by atoms with Gasteiger partial charge in [-0.2, -0.15) is 0 Å². The molecule has 1 heterocycles. The van der Waals surface area contributed by atoms with Crippen LogP contribution >= 0.6 is 0 Å². The van der Waals surface area contributed by atoms with Crippen molar-refractivity contribution < 1.29 is 14.4 Å². The van der Waals surface area contributed by atoms with E-state index in [-0.39, 0.29) is 5.56 Å².